The lowest BCUT2D eigenvalue weighted by atomic mass is 10.0. The van der Waals surface area contributed by atoms with Crippen LogP contribution in [0.25, 0.3) is 0 Å². The maximum atomic E-state index is 12.0. The largest absolute Gasteiger partial charge is 0.452 e. The first kappa shape index (κ1) is 19.9. The Morgan fingerprint density at radius 2 is 1.88 bits per heavy atom. The van der Waals surface area contributed by atoms with Gasteiger partial charge in [-0.1, -0.05) is 53.5 Å². The second kappa shape index (κ2) is 9.31. The molecule has 1 N–H and O–H groups in total. The topological polar surface area (TPSA) is 85.4 Å². The van der Waals surface area contributed by atoms with Crippen molar-refractivity contribution in [3.63, 3.8) is 0 Å². The van der Waals surface area contributed by atoms with Gasteiger partial charge in [-0.2, -0.15) is 0 Å². The van der Waals surface area contributed by atoms with Crippen LogP contribution in [-0.2, 0) is 20.7 Å². The number of aromatic nitrogens is 1. The van der Waals surface area contributed by atoms with E-state index in [4.69, 9.17) is 27.9 Å². The molecule has 1 aromatic carbocycles. The number of Topliss-reactive ketones (excluding diaryl/α,β-unsaturated/α-hetero) is 1. The summed E-state index contributed by atoms with van der Waals surface area (Å²) in [5.41, 5.74) is 0.978. The molecular weight excluding hydrogens is 379 g/mol. The minimum absolute atomic E-state index is 0.0613. The van der Waals surface area contributed by atoms with Crippen molar-refractivity contribution < 1.29 is 19.1 Å². The molecule has 0 radical (unpaired) electrons. The zero-order chi connectivity index (χ0) is 19.1. The Bertz CT molecular complexity index is 812. The predicted molar refractivity (Wildman–Crippen MR) is 97.3 cm³/mol. The number of nitrogens with zero attached hydrogens (tertiary/aromatic N) is 1. The number of rotatable bonds is 7. The molecule has 1 aromatic heterocycles. The summed E-state index contributed by atoms with van der Waals surface area (Å²) in [7, 11) is 0. The smallest absolute Gasteiger partial charge is 0.340 e. The maximum Gasteiger partial charge on any atom is 0.340 e. The van der Waals surface area contributed by atoms with E-state index in [0.29, 0.717) is 6.42 Å². The summed E-state index contributed by atoms with van der Waals surface area (Å²) in [6.45, 7) is 0.860. The third-order valence-electron chi connectivity index (χ3n) is 3.47. The highest BCUT2D eigenvalue weighted by Gasteiger charge is 2.19. The Hall–Kier alpha value is -2.44. The average Bonchev–Trinajstić information content (AvgIpc) is 2.62. The van der Waals surface area contributed by atoms with E-state index in [1.165, 1.54) is 19.2 Å². The quantitative estimate of drug-likeness (QED) is 0.576. The van der Waals surface area contributed by atoms with E-state index in [1.54, 1.807) is 0 Å². The SMILES string of the molecule is CC(=O)[C@H](Cc1ccccc1)NC(=O)COC(=O)c1cnc(Cl)c(Cl)c1. The predicted octanol–water partition coefficient (Wildman–Crippen LogP) is 2.86. The molecular formula is C18H16Cl2N2O4. The van der Waals surface area contributed by atoms with Gasteiger partial charge in [0, 0.05) is 6.20 Å². The Kier molecular flexibility index (Phi) is 7.12. The van der Waals surface area contributed by atoms with Gasteiger partial charge in [-0.15, -0.1) is 0 Å². The van der Waals surface area contributed by atoms with Gasteiger partial charge in [0.2, 0.25) is 0 Å². The number of halogens is 2. The summed E-state index contributed by atoms with van der Waals surface area (Å²) in [6, 6.07) is 9.88. The molecule has 0 saturated heterocycles. The fourth-order valence-corrected chi connectivity index (χ4v) is 2.40. The second-order valence-corrected chi connectivity index (χ2v) is 6.26. The fraction of sp³-hybridized carbons (Fsp3) is 0.222. The molecule has 8 heteroatoms. The number of ether oxygens (including phenoxy) is 1. The molecule has 0 bridgehead atoms. The van der Waals surface area contributed by atoms with Crippen molar-refractivity contribution in [2.24, 2.45) is 0 Å². The molecule has 0 aliphatic heterocycles. The number of hydrogen-bond acceptors (Lipinski definition) is 5. The number of carbonyl (C=O) groups excluding carboxylic acids is 3. The molecule has 2 rings (SSSR count). The minimum atomic E-state index is -0.770. The highest BCUT2D eigenvalue weighted by atomic mass is 35.5. The standard InChI is InChI=1S/C18H16Cl2N2O4/c1-11(23)15(7-12-5-3-2-4-6-12)22-16(24)10-26-18(25)13-8-14(19)17(20)21-9-13/h2-6,8-9,15H,7,10H2,1H3,(H,22,24)/t15-/m0/s1. The zero-order valence-corrected chi connectivity index (χ0v) is 15.4. The van der Waals surface area contributed by atoms with Gasteiger partial charge in [0.25, 0.3) is 5.91 Å². The molecule has 1 heterocycles. The Morgan fingerprint density at radius 3 is 2.50 bits per heavy atom. The highest BCUT2D eigenvalue weighted by Crippen LogP contribution is 2.20. The first-order valence-corrected chi connectivity index (χ1v) is 8.44. The van der Waals surface area contributed by atoms with Crippen LogP contribution in [0.1, 0.15) is 22.8 Å². The monoisotopic (exact) mass is 394 g/mol. The van der Waals surface area contributed by atoms with E-state index in [1.807, 2.05) is 30.3 Å². The number of esters is 1. The van der Waals surface area contributed by atoms with E-state index >= 15 is 0 Å². The summed E-state index contributed by atoms with van der Waals surface area (Å²) in [6.07, 6.45) is 1.55. The number of amides is 1. The van der Waals surface area contributed by atoms with Gasteiger partial charge in [-0.25, -0.2) is 9.78 Å². The van der Waals surface area contributed by atoms with Crippen LogP contribution in [0.2, 0.25) is 10.2 Å². The van der Waals surface area contributed by atoms with Crippen LogP contribution in [0.3, 0.4) is 0 Å². The second-order valence-electron chi connectivity index (χ2n) is 5.49. The lowest BCUT2D eigenvalue weighted by molar-refractivity contribution is -0.128. The fourth-order valence-electron chi connectivity index (χ4n) is 2.13. The van der Waals surface area contributed by atoms with Crippen LogP contribution < -0.4 is 5.32 Å². The Balaban J connectivity index is 1.90. The molecule has 6 nitrogen and oxygen atoms in total. The highest BCUT2D eigenvalue weighted by molar-refractivity contribution is 6.41. The summed E-state index contributed by atoms with van der Waals surface area (Å²) >= 11 is 11.5. The first-order chi connectivity index (χ1) is 12.4. The van der Waals surface area contributed by atoms with Gasteiger partial charge in [0.1, 0.15) is 5.15 Å². The number of carbonyl (C=O) groups is 3. The van der Waals surface area contributed by atoms with E-state index in [0.717, 1.165) is 5.56 Å². The van der Waals surface area contributed by atoms with E-state index in [2.05, 4.69) is 10.3 Å². The van der Waals surface area contributed by atoms with Gasteiger partial charge < -0.3 is 10.1 Å². The third-order valence-corrected chi connectivity index (χ3v) is 4.16. The molecule has 2 aromatic rings. The maximum absolute atomic E-state index is 12.0. The third kappa shape index (κ3) is 5.82. The van der Waals surface area contributed by atoms with Crippen molar-refractivity contribution in [1.29, 1.82) is 0 Å². The molecule has 26 heavy (non-hydrogen) atoms. The average molecular weight is 395 g/mol. The van der Waals surface area contributed by atoms with Crippen LogP contribution in [0.15, 0.2) is 42.6 Å². The number of benzene rings is 1. The lowest BCUT2D eigenvalue weighted by Gasteiger charge is -2.16. The summed E-state index contributed by atoms with van der Waals surface area (Å²) in [4.78, 5) is 39.4. The number of ketones is 1. The van der Waals surface area contributed by atoms with Gasteiger partial charge in [-0.05, 0) is 25.0 Å². The van der Waals surface area contributed by atoms with Crippen molar-refractivity contribution in [2.75, 3.05) is 6.61 Å². The zero-order valence-electron chi connectivity index (χ0n) is 13.9. The van der Waals surface area contributed by atoms with Crippen molar-refractivity contribution >= 4 is 40.9 Å². The van der Waals surface area contributed by atoms with Crippen LogP contribution in [-0.4, -0.2) is 35.3 Å². The van der Waals surface area contributed by atoms with Gasteiger partial charge in [0.15, 0.2) is 12.4 Å². The Morgan fingerprint density at radius 1 is 1.19 bits per heavy atom. The molecule has 0 spiro atoms. The van der Waals surface area contributed by atoms with Gasteiger partial charge in [0.05, 0.1) is 16.6 Å². The Labute approximate surface area is 160 Å². The molecule has 0 unspecified atom stereocenters. The molecule has 0 aliphatic carbocycles. The number of nitrogens with one attached hydrogen (secondary N) is 1. The molecule has 1 amide bonds. The van der Waals surface area contributed by atoms with E-state index < -0.39 is 24.5 Å². The molecule has 136 valence electrons. The summed E-state index contributed by atoms with van der Waals surface area (Å²) in [5.74, 6) is -1.54. The molecule has 1 atom stereocenters. The van der Waals surface area contributed by atoms with Gasteiger partial charge >= 0.3 is 5.97 Å². The molecule has 0 saturated carbocycles. The molecule has 0 fully saturated rings. The van der Waals surface area contributed by atoms with Gasteiger partial charge in [-0.3, -0.25) is 9.59 Å². The van der Waals surface area contributed by atoms with E-state index in [9.17, 15) is 14.4 Å². The summed E-state index contributed by atoms with van der Waals surface area (Å²) in [5, 5.41) is 2.73. The van der Waals surface area contributed by atoms with Crippen LogP contribution >= 0.6 is 23.2 Å². The van der Waals surface area contributed by atoms with Crippen molar-refractivity contribution in [1.82, 2.24) is 10.3 Å². The van der Waals surface area contributed by atoms with Crippen molar-refractivity contribution in [3.8, 4) is 0 Å². The van der Waals surface area contributed by atoms with Crippen molar-refractivity contribution in [2.45, 2.75) is 19.4 Å². The first-order valence-electron chi connectivity index (χ1n) is 7.68. The van der Waals surface area contributed by atoms with Crippen LogP contribution in [0, 0.1) is 0 Å². The lowest BCUT2D eigenvalue weighted by Crippen LogP contribution is -2.43. The normalized spacial score (nSPS) is 11.5. The van der Waals surface area contributed by atoms with Crippen LogP contribution in [0.5, 0.6) is 0 Å². The molecule has 0 aliphatic rings. The minimum Gasteiger partial charge on any atom is -0.452 e. The number of pyridine rings is 1. The van der Waals surface area contributed by atoms with Crippen molar-refractivity contribution in [3.05, 3.63) is 63.9 Å². The summed E-state index contributed by atoms with van der Waals surface area (Å²) < 4.78 is 4.91. The number of hydrogen-bond donors (Lipinski definition) is 1. The van der Waals surface area contributed by atoms with Crippen LogP contribution in [0.4, 0.5) is 0 Å². The van der Waals surface area contributed by atoms with E-state index in [-0.39, 0.29) is 21.5 Å².